The molecule has 0 aromatic carbocycles. The van der Waals surface area contributed by atoms with Gasteiger partial charge < -0.3 is 13.3 Å². The zero-order chi connectivity index (χ0) is 33.2. The molecular formula is C33H68O5Si3. The summed E-state index contributed by atoms with van der Waals surface area (Å²) in [5, 5.41) is -0.168. The fraction of sp³-hybridized carbons (Fsp3) is 0.879. The molecule has 0 aliphatic heterocycles. The van der Waals surface area contributed by atoms with Gasteiger partial charge in [-0.25, -0.2) is 0 Å². The Balaban J connectivity index is 6.64. The quantitative estimate of drug-likeness (QED) is 0.141. The van der Waals surface area contributed by atoms with Crippen molar-refractivity contribution in [2.75, 3.05) is 0 Å². The van der Waals surface area contributed by atoms with Crippen LogP contribution < -0.4 is 0 Å². The van der Waals surface area contributed by atoms with Gasteiger partial charge in [0.15, 0.2) is 16.6 Å². The first-order chi connectivity index (χ1) is 17.9. The van der Waals surface area contributed by atoms with Crippen molar-refractivity contribution in [3.05, 3.63) is 12.7 Å². The molecule has 242 valence electrons. The van der Waals surface area contributed by atoms with Crippen LogP contribution in [0.3, 0.4) is 0 Å². The maximum atomic E-state index is 14.6. The lowest BCUT2D eigenvalue weighted by atomic mass is 9.73. The second-order valence-electron chi connectivity index (χ2n) is 17.5. The van der Waals surface area contributed by atoms with E-state index < -0.39 is 36.5 Å². The van der Waals surface area contributed by atoms with Gasteiger partial charge in [0.05, 0.1) is 18.6 Å². The van der Waals surface area contributed by atoms with E-state index in [4.69, 9.17) is 13.3 Å². The second kappa shape index (κ2) is 13.6. The van der Waals surface area contributed by atoms with Crippen LogP contribution in [0.5, 0.6) is 0 Å². The predicted octanol–water partition coefficient (Wildman–Crippen LogP) is 10.1. The number of allylic oxidation sites excluding steroid dienone is 1. The molecule has 0 spiro atoms. The van der Waals surface area contributed by atoms with Crippen LogP contribution >= 0.6 is 0 Å². The summed E-state index contributed by atoms with van der Waals surface area (Å²) >= 11 is 0. The summed E-state index contributed by atoms with van der Waals surface area (Å²) in [6.07, 6.45) is 1.88. The largest absolute Gasteiger partial charge is 0.519 e. The molecule has 0 unspecified atom stereocenters. The first-order valence-electron chi connectivity index (χ1n) is 15.6. The number of hydrogen-bond acceptors (Lipinski definition) is 5. The van der Waals surface area contributed by atoms with Crippen LogP contribution in [-0.2, 0) is 22.9 Å². The molecule has 4 atom stereocenters. The summed E-state index contributed by atoms with van der Waals surface area (Å²) in [4.78, 5) is 28.1. The van der Waals surface area contributed by atoms with Crippen LogP contribution in [0.15, 0.2) is 12.7 Å². The van der Waals surface area contributed by atoms with E-state index in [0.29, 0.717) is 0 Å². The van der Waals surface area contributed by atoms with Crippen molar-refractivity contribution < 1.29 is 22.9 Å². The number of rotatable bonds is 14. The van der Waals surface area contributed by atoms with Gasteiger partial charge >= 0.3 is 0 Å². The lowest BCUT2D eigenvalue weighted by Gasteiger charge is -2.46. The molecule has 41 heavy (non-hydrogen) atoms. The van der Waals surface area contributed by atoms with E-state index >= 15 is 0 Å². The smallest absolute Gasteiger partial charge is 0.295 e. The van der Waals surface area contributed by atoms with Gasteiger partial charge in [-0.05, 0) is 66.7 Å². The Hall–Kier alpha value is -0.549. The topological polar surface area (TPSA) is 61.8 Å². The molecule has 0 aliphatic rings. The molecule has 0 aliphatic carbocycles. The van der Waals surface area contributed by atoms with Crippen LogP contribution in [0.2, 0.25) is 54.4 Å². The standard InChI is InChI=1S/C33H68O5Si3/c1-21-22-24(2)28(38-41(19,20)32(10,11)12)25(3)29(35)33(13,14)26(36-39(15,16)30(4,5)6)23-27(34)37-40(17,18)31(7,8)9/h21,24-26,28H,1,22-23H2,2-20H3/t24-,25+,26-,28-/m0/s1. The Kier molecular flexibility index (Phi) is 13.4. The molecule has 0 bridgehead atoms. The van der Waals surface area contributed by atoms with E-state index in [1.54, 1.807) is 0 Å². The van der Waals surface area contributed by atoms with Gasteiger partial charge in [0.25, 0.3) is 14.3 Å². The van der Waals surface area contributed by atoms with Crippen molar-refractivity contribution in [3.8, 4) is 0 Å². The average molecular weight is 629 g/mol. The van der Waals surface area contributed by atoms with E-state index in [2.05, 4.69) is 115 Å². The zero-order valence-electron chi connectivity index (χ0n) is 30.5. The summed E-state index contributed by atoms with van der Waals surface area (Å²) in [6.45, 7) is 44.6. The predicted molar refractivity (Wildman–Crippen MR) is 184 cm³/mol. The number of carbonyl (C=O) groups is 2. The van der Waals surface area contributed by atoms with Gasteiger partial charge in [-0.1, -0.05) is 96.1 Å². The number of Topliss-reactive ketones (excluding diaryl/α,β-unsaturated/α-hetero) is 1. The van der Waals surface area contributed by atoms with Gasteiger partial charge in [0.2, 0.25) is 0 Å². The molecule has 0 amide bonds. The monoisotopic (exact) mass is 628 g/mol. The first-order valence-corrected chi connectivity index (χ1v) is 24.3. The molecule has 8 heteroatoms. The van der Waals surface area contributed by atoms with E-state index in [0.717, 1.165) is 6.42 Å². The number of carbonyl (C=O) groups excluding carboxylic acids is 2. The molecule has 5 nitrogen and oxygen atoms in total. The fourth-order valence-electron chi connectivity index (χ4n) is 4.13. The Labute approximate surface area is 258 Å². The van der Waals surface area contributed by atoms with Crippen molar-refractivity contribution >= 4 is 36.7 Å². The Morgan fingerprint density at radius 2 is 1.10 bits per heavy atom. The molecule has 0 aromatic rings. The molecule has 0 radical (unpaired) electrons. The molecule has 0 saturated carbocycles. The highest BCUT2D eigenvalue weighted by Crippen LogP contribution is 2.44. The zero-order valence-corrected chi connectivity index (χ0v) is 33.5. The summed E-state index contributed by atoms with van der Waals surface area (Å²) in [5.41, 5.74) is -0.926. The summed E-state index contributed by atoms with van der Waals surface area (Å²) < 4.78 is 20.1. The third-order valence-corrected chi connectivity index (χ3v) is 23.8. The molecular weight excluding hydrogens is 561 g/mol. The Morgan fingerprint density at radius 1 is 0.707 bits per heavy atom. The lowest BCUT2D eigenvalue weighted by Crippen LogP contribution is -2.54. The normalized spacial score (nSPS) is 17.4. The highest BCUT2D eigenvalue weighted by atomic mass is 28.4. The van der Waals surface area contributed by atoms with Crippen LogP contribution in [0, 0.1) is 17.3 Å². The highest BCUT2D eigenvalue weighted by Gasteiger charge is 2.50. The van der Waals surface area contributed by atoms with Crippen LogP contribution in [-0.4, -0.2) is 48.9 Å². The Morgan fingerprint density at radius 3 is 1.46 bits per heavy atom. The minimum absolute atomic E-state index is 0.0128. The van der Waals surface area contributed by atoms with Gasteiger partial charge in [-0.15, -0.1) is 6.58 Å². The lowest BCUT2D eigenvalue weighted by molar-refractivity contribution is -0.145. The Bertz CT molecular complexity index is 901. The number of ketones is 1. The molecule has 0 fully saturated rings. The van der Waals surface area contributed by atoms with Crippen LogP contribution in [0.4, 0.5) is 0 Å². The van der Waals surface area contributed by atoms with Gasteiger partial charge in [0, 0.05) is 11.3 Å². The minimum Gasteiger partial charge on any atom is -0.519 e. The van der Waals surface area contributed by atoms with Crippen molar-refractivity contribution in [1.82, 2.24) is 0 Å². The van der Waals surface area contributed by atoms with E-state index in [1.807, 2.05) is 26.8 Å². The third-order valence-electron chi connectivity index (χ3n) is 10.5. The van der Waals surface area contributed by atoms with Gasteiger partial charge in [0.1, 0.15) is 5.78 Å². The summed E-state index contributed by atoms with van der Waals surface area (Å²) in [5.74, 6) is -0.459. The molecule has 0 heterocycles. The molecule has 0 aromatic heterocycles. The minimum atomic E-state index is -2.33. The SMILES string of the molecule is C=CC[C@H](C)[C@H](O[Si](C)(C)C(C)(C)C)[C@@H](C)C(=O)C(C)(C)[C@H](CC(=O)O[Si](C)(C)C(C)(C)C)O[Si](C)(C)C(C)(C)C. The van der Waals surface area contributed by atoms with E-state index in [9.17, 15) is 9.59 Å². The molecule has 0 N–H and O–H groups in total. The highest BCUT2D eigenvalue weighted by molar-refractivity contribution is 6.75. The second-order valence-corrected chi connectivity index (χ2v) is 31.8. The van der Waals surface area contributed by atoms with Crippen molar-refractivity contribution in [1.29, 1.82) is 0 Å². The van der Waals surface area contributed by atoms with Crippen molar-refractivity contribution in [2.24, 2.45) is 17.3 Å². The van der Waals surface area contributed by atoms with Crippen LogP contribution in [0.1, 0.15) is 103 Å². The molecule has 0 saturated heterocycles. The maximum Gasteiger partial charge on any atom is 0.295 e. The summed E-state index contributed by atoms with van der Waals surface area (Å²) in [7, 11) is -6.83. The van der Waals surface area contributed by atoms with E-state index in [-0.39, 0.29) is 51.2 Å². The van der Waals surface area contributed by atoms with Gasteiger partial charge in [-0.2, -0.15) is 0 Å². The van der Waals surface area contributed by atoms with Gasteiger partial charge in [-0.3, -0.25) is 9.59 Å². The maximum absolute atomic E-state index is 14.6. The van der Waals surface area contributed by atoms with Crippen molar-refractivity contribution in [2.45, 2.75) is 169 Å². The van der Waals surface area contributed by atoms with Crippen LogP contribution in [0.25, 0.3) is 0 Å². The summed E-state index contributed by atoms with van der Waals surface area (Å²) in [6, 6.07) is 0. The number of hydrogen-bond donors (Lipinski definition) is 0. The third kappa shape index (κ3) is 10.5. The molecule has 0 rings (SSSR count). The van der Waals surface area contributed by atoms with E-state index in [1.165, 1.54) is 0 Å². The fourth-order valence-corrected chi connectivity index (χ4v) is 8.00. The first kappa shape index (κ1) is 40.5. The van der Waals surface area contributed by atoms with Crippen molar-refractivity contribution in [3.63, 3.8) is 0 Å². The average Bonchev–Trinajstić information content (AvgIpc) is 2.73.